The van der Waals surface area contributed by atoms with Crippen molar-refractivity contribution >= 4 is 5.97 Å². The third kappa shape index (κ3) is 8.97. The molecule has 0 aromatic heterocycles. The molecule has 2 rings (SSSR count). The number of esters is 1. The summed E-state index contributed by atoms with van der Waals surface area (Å²) in [6.45, 7) is 4.38. The molecule has 0 atom stereocenters. The maximum Gasteiger partial charge on any atom is 0.331 e. The van der Waals surface area contributed by atoms with Crippen LogP contribution in [0.25, 0.3) is 0 Å². The average molecular weight is 389 g/mol. The highest BCUT2D eigenvalue weighted by molar-refractivity contribution is 5.82. The quantitative estimate of drug-likeness (QED) is 0.156. The number of allylic oxidation sites excluding steroid dienone is 3. The first-order chi connectivity index (χ1) is 13.7. The fraction of sp³-hybridized carbons (Fsp3) is 0.808. The summed E-state index contributed by atoms with van der Waals surface area (Å²) in [7, 11) is 0. The zero-order valence-electron chi connectivity index (χ0n) is 18.5. The van der Waals surface area contributed by atoms with E-state index < -0.39 is 0 Å². The number of unbranched alkanes of at least 4 members (excludes halogenated alkanes) is 4. The van der Waals surface area contributed by atoms with Gasteiger partial charge in [-0.3, -0.25) is 0 Å². The zero-order valence-corrected chi connectivity index (χ0v) is 18.5. The van der Waals surface area contributed by atoms with Crippen LogP contribution in [-0.2, 0) is 9.53 Å². The fourth-order valence-electron chi connectivity index (χ4n) is 5.22. The van der Waals surface area contributed by atoms with E-state index in [-0.39, 0.29) is 12.1 Å². The van der Waals surface area contributed by atoms with E-state index >= 15 is 0 Å². The highest BCUT2D eigenvalue weighted by atomic mass is 16.5. The van der Waals surface area contributed by atoms with Crippen LogP contribution in [-0.4, -0.2) is 12.1 Å². The molecule has 0 aromatic carbocycles. The second kappa shape index (κ2) is 14.0. The molecular formula is C26H44O2. The van der Waals surface area contributed by atoms with Crippen LogP contribution in [0.3, 0.4) is 0 Å². The highest BCUT2D eigenvalue weighted by Gasteiger charge is 2.31. The van der Waals surface area contributed by atoms with Crippen LogP contribution >= 0.6 is 0 Å². The molecule has 2 fully saturated rings. The van der Waals surface area contributed by atoms with Gasteiger partial charge in [-0.25, -0.2) is 4.79 Å². The van der Waals surface area contributed by atoms with Crippen LogP contribution in [0.15, 0.2) is 24.3 Å². The molecule has 2 aliphatic carbocycles. The molecule has 0 aromatic rings. The van der Waals surface area contributed by atoms with E-state index in [2.05, 4.69) is 13.8 Å². The highest BCUT2D eigenvalue weighted by Crippen LogP contribution is 2.41. The Bertz CT molecular complexity index is 463. The van der Waals surface area contributed by atoms with Crippen molar-refractivity contribution in [3.8, 4) is 0 Å². The molecule has 160 valence electrons. The van der Waals surface area contributed by atoms with Crippen LogP contribution in [0.5, 0.6) is 0 Å². The van der Waals surface area contributed by atoms with Crippen molar-refractivity contribution in [3.63, 3.8) is 0 Å². The minimum atomic E-state index is -0.177. The lowest BCUT2D eigenvalue weighted by Crippen LogP contribution is -2.29. The van der Waals surface area contributed by atoms with Crippen LogP contribution in [0.4, 0.5) is 0 Å². The fourth-order valence-corrected chi connectivity index (χ4v) is 5.22. The topological polar surface area (TPSA) is 26.3 Å². The van der Waals surface area contributed by atoms with E-state index in [1.165, 1.54) is 77.0 Å². The molecule has 2 heteroatoms. The first kappa shape index (κ1) is 23.2. The SMILES string of the molecule is CC/C=C/C=C/C(=O)OC1CCC(C2CCC(CCCCCCC)CC2)CC1. The minimum absolute atomic E-state index is 0.142. The molecule has 0 bridgehead atoms. The van der Waals surface area contributed by atoms with Gasteiger partial charge in [0.15, 0.2) is 0 Å². The molecule has 28 heavy (non-hydrogen) atoms. The maximum atomic E-state index is 11.9. The number of carbonyl (C=O) groups excluding carboxylic acids is 1. The van der Waals surface area contributed by atoms with Gasteiger partial charge >= 0.3 is 5.97 Å². The van der Waals surface area contributed by atoms with E-state index in [0.717, 1.165) is 37.0 Å². The Morgan fingerprint density at radius 3 is 2.11 bits per heavy atom. The summed E-state index contributed by atoms with van der Waals surface area (Å²) in [5.41, 5.74) is 0. The number of carbonyl (C=O) groups is 1. The summed E-state index contributed by atoms with van der Waals surface area (Å²) in [5.74, 6) is 2.64. The van der Waals surface area contributed by atoms with Crippen molar-refractivity contribution in [2.45, 2.75) is 116 Å². The summed E-state index contributed by atoms with van der Waals surface area (Å²) in [4.78, 5) is 11.9. The third-order valence-corrected chi connectivity index (χ3v) is 6.99. The molecule has 2 saturated carbocycles. The summed E-state index contributed by atoms with van der Waals surface area (Å²) >= 11 is 0. The Morgan fingerprint density at radius 2 is 1.46 bits per heavy atom. The van der Waals surface area contributed by atoms with E-state index in [9.17, 15) is 4.79 Å². The van der Waals surface area contributed by atoms with Gasteiger partial charge in [-0.1, -0.05) is 83.4 Å². The summed E-state index contributed by atoms with van der Waals surface area (Å²) < 4.78 is 5.64. The molecule has 0 amide bonds. The molecule has 0 saturated heterocycles. The molecular weight excluding hydrogens is 344 g/mol. The standard InChI is InChI=1S/C26H44O2/c1-3-5-7-9-10-12-22-14-16-23(17-15-22)24-18-20-25(21-19-24)28-26(27)13-11-8-6-4-2/h6,8,11,13,22-25H,3-5,7,9-10,12,14-21H2,1-2H3/b8-6+,13-11+. The molecule has 0 N–H and O–H groups in total. The van der Waals surface area contributed by atoms with Gasteiger partial charge in [-0.05, 0) is 62.7 Å². The van der Waals surface area contributed by atoms with Gasteiger partial charge in [0.1, 0.15) is 6.10 Å². The van der Waals surface area contributed by atoms with Crippen molar-refractivity contribution < 1.29 is 9.53 Å². The molecule has 0 heterocycles. The van der Waals surface area contributed by atoms with Crippen LogP contribution in [0.1, 0.15) is 110 Å². The van der Waals surface area contributed by atoms with Crippen LogP contribution in [0.2, 0.25) is 0 Å². The maximum absolute atomic E-state index is 11.9. The third-order valence-electron chi connectivity index (χ3n) is 6.99. The predicted octanol–water partition coefficient (Wildman–Crippen LogP) is 7.78. The Labute approximate surface area is 174 Å². The van der Waals surface area contributed by atoms with Gasteiger partial charge in [0.05, 0.1) is 0 Å². The smallest absolute Gasteiger partial charge is 0.331 e. The zero-order chi connectivity index (χ0) is 20.0. The van der Waals surface area contributed by atoms with Gasteiger partial charge in [0, 0.05) is 6.08 Å². The molecule has 0 spiro atoms. The van der Waals surface area contributed by atoms with E-state index in [0.29, 0.717) is 0 Å². The van der Waals surface area contributed by atoms with Gasteiger partial charge in [-0.15, -0.1) is 0 Å². The normalized spacial score (nSPS) is 28.8. The second-order valence-electron chi connectivity index (χ2n) is 9.15. The second-order valence-corrected chi connectivity index (χ2v) is 9.15. The van der Waals surface area contributed by atoms with E-state index in [4.69, 9.17) is 4.74 Å². The number of rotatable bonds is 11. The molecule has 2 nitrogen and oxygen atoms in total. The van der Waals surface area contributed by atoms with Gasteiger partial charge in [0.25, 0.3) is 0 Å². The summed E-state index contributed by atoms with van der Waals surface area (Å²) in [6.07, 6.45) is 27.4. The van der Waals surface area contributed by atoms with E-state index in [1.54, 1.807) is 12.2 Å². The van der Waals surface area contributed by atoms with Gasteiger partial charge < -0.3 is 4.74 Å². The number of ether oxygens (including phenoxy) is 1. The largest absolute Gasteiger partial charge is 0.459 e. The van der Waals surface area contributed by atoms with Crippen molar-refractivity contribution in [2.24, 2.45) is 17.8 Å². The molecule has 0 radical (unpaired) electrons. The van der Waals surface area contributed by atoms with Gasteiger partial charge in [-0.2, -0.15) is 0 Å². The molecule has 0 unspecified atom stereocenters. The Kier molecular flexibility index (Phi) is 11.6. The average Bonchev–Trinajstić information content (AvgIpc) is 2.72. The van der Waals surface area contributed by atoms with E-state index in [1.807, 2.05) is 12.2 Å². The molecule has 0 aliphatic heterocycles. The van der Waals surface area contributed by atoms with Crippen molar-refractivity contribution in [3.05, 3.63) is 24.3 Å². The van der Waals surface area contributed by atoms with Crippen LogP contribution < -0.4 is 0 Å². The summed E-state index contributed by atoms with van der Waals surface area (Å²) in [6, 6.07) is 0. The minimum Gasteiger partial charge on any atom is -0.459 e. The van der Waals surface area contributed by atoms with Crippen molar-refractivity contribution in [2.75, 3.05) is 0 Å². The monoisotopic (exact) mass is 388 g/mol. The van der Waals surface area contributed by atoms with Crippen molar-refractivity contribution in [1.29, 1.82) is 0 Å². The van der Waals surface area contributed by atoms with Gasteiger partial charge in [0.2, 0.25) is 0 Å². The Balaban J connectivity index is 1.58. The first-order valence-corrected chi connectivity index (χ1v) is 12.3. The van der Waals surface area contributed by atoms with Crippen molar-refractivity contribution in [1.82, 2.24) is 0 Å². The predicted molar refractivity (Wildman–Crippen MR) is 119 cm³/mol. The lowest BCUT2D eigenvalue weighted by Gasteiger charge is -2.37. The number of hydrogen-bond acceptors (Lipinski definition) is 2. The number of hydrogen-bond donors (Lipinski definition) is 0. The first-order valence-electron chi connectivity index (χ1n) is 12.3. The lowest BCUT2D eigenvalue weighted by atomic mass is 9.70. The van der Waals surface area contributed by atoms with Crippen LogP contribution in [0, 0.1) is 17.8 Å². The Morgan fingerprint density at radius 1 is 0.821 bits per heavy atom. The molecule has 2 aliphatic rings. The Hall–Kier alpha value is -1.05. The lowest BCUT2D eigenvalue weighted by molar-refractivity contribution is -0.145. The summed E-state index contributed by atoms with van der Waals surface area (Å²) in [5, 5.41) is 0.